The van der Waals surface area contributed by atoms with E-state index in [1.807, 2.05) is 0 Å². The summed E-state index contributed by atoms with van der Waals surface area (Å²) < 4.78 is 68.8. The van der Waals surface area contributed by atoms with Crippen LogP contribution in [0.5, 0.6) is 0 Å². The van der Waals surface area contributed by atoms with Crippen molar-refractivity contribution < 1.29 is 30.5 Å². The molecular formula is C13H17N2O6S2+. The summed E-state index contributed by atoms with van der Waals surface area (Å²) in [6.07, 6.45) is 4.37. The van der Waals surface area contributed by atoms with Gasteiger partial charge in [-0.15, -0.1) is 0 Å². The van der Waals surface area contributed by atoms with Gasteiger partial charge in [-0.1, -0.05) is 13.8 Å². The lowest BCUT2D eigenvalue weighted by Crippen LogP contribution is -2.24. The predicted octanol–water partition coefficient (Wildman–Crippen LogP) is 0.919. The molecule has 0 atom stereocenters. The lowest BCUT2D eigenvalue weighted by atomic mass is 10.0. The average molecular weight is 361 g/mol. The second kappa shape index (κ2) is 5.71. The molecule has 1 aromatic heterocycles. The SMILES string of the molecule is CC(C)c1cc(S(=O)(=O)O)c(-n2cc[n+](C)c2)c(S(=O)(=O)O)c1. The summed E-state index contributed by atoms with van der Waals surface area (Å²) in [5, 5.41) is 0. The summed E-state index contributed by atoms with van der Waals surface area (Å²) in [5.74, 6) is -0.217. The van der Waals surface area contributed by atoms with E-state index in [2.05, 4.69) is 0 Å². The van der Waals surface area contributed by atoms with Gasteiger partial charge in [0.2, 0.25) is 6.33 Å². The van der Waals surface area contributed by atoms with Crippen LogP contribution in [0.1, 0.15) is 25.3 Å². The Kier molecular flexibility index (Phi) is 4.37. The molecule has 0 aliphatic carbocycles. The molecule has 0 fully saturated rings. The van der Waals surface area contributed by atoms with Crippen molar-refractivity contribution in [1.29, 1.82) is 0 Å². The Morgan fingerprint density at radius 3 is 1.83 bits per heavy atom. The van der Waals surface area contributed by atoms with Crippen molar-refractivity contribution in [3.8, 4) is 5.69 Å². The first-order valence-electron chi connectivity index (χ1n) is 6.58. The van der Waals surface area contributed by atoms with Gasteiger partial charge in [-0.2, -0.15) is 21.4 Å². The minimum atomic E-state index is -4.72. The highest BCUT2D eigenvalue weighted by atomic mass is 32.2. The normalized spacial score (nSPS) is 12.8. The van der Waals surface area contributed by atoms with Gasteiger partial charge >= 0.3 is 0 Å². The van der Waals surface area contributed by atoms with E-state index in [0.29, 0.717) is 5.56 Å². The fourth-order valence-electron chi connectivity index (χ4n) is 2.17. The zero-order valence-electron chi connectivity index (χ0n) is 12.7. The molecule has 0 amide bonds. The summed E-state index contributed by atoms with van der Waals surface area (Å²) in [4.78, 5) is -1.18. The highest BCUT2D eigenvalue weighted by molar-refractivity contribution is 7.87. The molecule has 0 bridgehead atoms. The van der Waals surface area contributed by atoms with E-state index in [1.165, 1.54) is 29.2 Å². The summed E-state index contributed by atoms with van der Waals surface area (Å²) >= 11 is 0. The Balaban J connectivity index is 3.02. The van der Waals surface area contributed by atoms with E-state index in [9.17, 15) is 25.9 Å². The van der Waals surface area contributed by atoms with Crippen molar-refractivity contribution in [2.75, 3.05) is 0 Å². The molecule has 10 heteroatoms. The van der Waals surface area contributed by atoms with Crippen molar-refractivity contribution in [3.63, 3.8) is 0 Å². The molecule has 1 aromatic carbocycles. The zero-order chi connectivity index (χ0) is 17.6. The van der Waals surface area contributed by atoms with Crippen LogP contribution in [0, 0.1) is 0 Å². The standard InChI is InChI=1S/C13H16N2O6S2/c1-9(2)10-6-11(22(16,17)18)13(12(7-10)23(19,20)21)15-5-4-14(3)8-15/h4-9H,1-3H3,(H-,16,17,18,19,20,21)/p+1. The molecule has 2 rings (SSSR count). The third kappa shape index (κ3) is 3.61. The molecule has 0 spiro atoms. The number of hydrogen-bond acceptors (Lipinski definition) is 4. The van der Waals surface area contributed by atoms with Crippen molar-refractivity contribution in [2.24, 2.45) is 7.05 Å². The second-order valence-electron chi connectivity index (χ2n) is 5.46. The molecule has 2 aromatic rings. The van der Waals surface area contributed by atoms with Crippen LogP contribution in [0.25, 0.3) is 5.69 Å². The van der Waals surface area contributed by atoms with Gasteiger partial charge < -0.3 is 0 Å². The number of rotatable bonds is 4. The number of imidazole rings is 1. The average Bonchev–Trinajstić information content (AvgIpc) is 2.81. The monoisotopic (exact) mass is 361 g/mol. The van der Waals surface area contributed by atoms with Crippen LogP contribution in [-0.4, -0.2) is 30.5 Å². The van der Waals surface area contributed by atoms with Crippen LogP contribution in [0.2, 0.25) is 0 Å². The number of aromatic nitrogens is 2. The topological polar surface area (TPSA) is 118 Å². The van der Waals surface area contributed by atoms with Crippen LogP contribution >= 0.6 is 0 Å². The maximum atomic E-state index is 11.7. The fraction of sp³-hybridized carbons (Fsp3) is 0.308. The third-order valence-electron chi connectivity index (χ3n) is 3.31. The van der Waals surface area contributed by atoms with E-state index in [1.54, 1.807) is 31.7 Å². The van der Waals surface area contributed by atoms with Gasteiger partial charge in [0.05, 0.1) is 7.05 Å². The molecule has 0 saturated carbocycles. The highest BCUT2D eigenvalue weighted by Crippen LogP contribution is 2.31. The molecule has 0 aliphatic heterocycles. The van der Waals surface area contributed by atoms with Gasteiger partial charge in [-0.3, -0.25) is 9.11 Å². The van der Waals surface area contributed by atoms with Crippen LogP contribution in [-0.2, 0) is 27.3 Å². The van der Waals surface area contributed by atoms with Crippen LogP contribution in [0.4, 0.5) is 0 Å². The van der Waals surface area contributed by atoms with Crippen molar-refractivity contribution >= 4 is 20.2 Å². The summed E-state index contributed by atoms with van der Waals surface area (Å²) in [6, 6.07) is 2.40. The van der Waals surface area contributed by atoms with E-state index >= 15 is 0 Å². The minimum absolute atomic E-state index is 0.217. The largest absolute Gasteiger partial charge is 0.298 e. The lowest BCUT2D eigenvalue weighted by molar-refractivity contribution is -0.670. The summed E-state index contributed by atoms with van der Waals surface area (Å²) in [6.45, 7) is 3.46. The molecule has 1 heterocycles. The lowest BCUT2D eigenvalue weighted by Gasteiger charge is -2.13. The predicted molar refractivity (Wildman–Crippen MR) is 80.7 cm³/mol. The number of aryl methyl sites for hydroxylation is 1. The van der Waals surface area contributed by atoms with Crippen LogP contribution in [0.15, 0.2) is 40.6 Å². The highest BCUT2D eigenvalue weighted by Gasteiger charge is 2.31. The molecule has 23 heavy (non-hydrogen) atoms. The van der Waals surface area contributed by atoms with Gasteiger partial charge in [0, 0.05) is 0 Å². The van der Waals surface area contributed by atoms with E-state index in [-0.39, 0.29) is 11.6 Å². The molecule has 0 saturated heterocycles. The Morgan fingerprint density at radius 2 is 1.52 bits per heavy atom. The van der Waals surface area contributed by atoms with Crippen molar-refractivity contribution in [2.45, 2.75) is 29.6 Å². The summed E-state index contributed by atoms with van der Waals surface area (Å²) in [7, 11) is -7.78. The Hall–Kier alpha value is -1.75. The molecule has 126 valence electrons. The Labute approximate surface area is 134 Å². The summed E-state index contributed by atoms with van der Waals surface area (Å²) in [5.41, 5.74) is 0.0190. The number of hydrogen-bond donors (Lipinski definition) is 2. The molecule has 0 radical (unpaired) electrons. The van der Waals surface area contributed by atoms with Gasteiger partial charge in [0.15, 0.2) is 5.69 Å². The molecule has 0 aliphatic rings. The van der Waals surface area contributed by atoms with E-state index < -0.39 is 30.0 Å². The van der Waals surface area contributed by atoms with Gasteiger partial charge in [0.1, 0.15) is 22.2 Å². The maximum Gasteiger partial charge on any atom is 0.298 e. The first-order chi connectivity index (χ1) is 10.4. The smallest absolute Gasteiger partial charge is 0.282 e. The van der Waals surface area contributed by atoms with E-state index in [0.717, 1.165) is 0 Å². The second-order valence-corrected chi connectivity index (χ2v) is 8.24. The molecule has 2 N–H and O–H groups in total. The maximum absolute atomic E-state index is 11.7. The number of benzene rings is 1. The quantitative estimate of drug-likeness (QED) is 0.618. The van der Waals surface area contributed by atoms with Crippen molar-refractivity contribution in [1.82, 2.24) is 4.57 Å². The minimum Gasteiger partial charge on any atom is -0.282 e. The van der Waals surface area contributed by atoms with Gasteiger partial charge in [0.25, 0.3) is 20.2 Å². The van der Waals surface area contributed by atoms with E-state index in [4.69, 9.17) is 0 Å². The van der Waals surface area contributed by atoms with Crippen LogP contribution < -0.4 is 4.57 Å². The van der Waals surface area contributed by atoms with Crippen LogP contribution in [0.3, 0.4) is 0 Å². The van der Waals surface area contributed by atoms with Gasteiger partial charge in [-0.05, 0) is 23.6 Å². The molecule has 8 nitrogen and oxygen atoms in total. The first-order valence-corrected chi connectivity index (χ1v) is 9.46. The Morgan fingerprint density at radius 1 is 1.04 bits per heavy atom. The molecule has 0 unspecified atom stereocenters. The fourth-order valence-corrected chi connectivity index (χ4v) is 3.72. The first kappa shape index (κ1) is 17.6. The zero-order valence-corrected chi connectivity index (χ0v) is 14.3. The Bertz CT molecular complexity index is 905. The van der Waals surface area contributed by atoms with Crippen molar-refractivity contribution in [3.05, 3.63) is 36.4 Å². The van der Waals surface area contributed by atoms with Gasteiger partial charge in [-0.25, -0.2) is 4.57 Å². The molecular weight excluding hydrogens is 344 g/mol. The third-order valence-corrected chi connectivity index (χ3v) is 5.05. The number of nitrogens with zero attached hydrogens (tertiary/aromatic N) is 2.